The zero-order valence-electron chi connectivity index (χ0n) is 11.4. The minimum atomic E-state index is -0.710. The Bertz CT molecular complexity index is 338. The van der Waals surface area contributed by atoms with Crippen LogP contribution >= 0.6 is 0 Å². The third kappa shape index (κ3) is 1.87. The first-order chi connectivity index (χ1) is 8.51. The van der Waals surface area contributed by atoms with Crippen molar-refractivity contribution in [2.24, 2.45) is 23.7 Å². The molecule has 4 rings (SSSR count). The van der Waals surface area contributed by atoms with Gasteiger partial charge in [0.25, 0.3) is 0 Å². The Kier molecular flexibility index (Phi) is 2.92. The van der Waals surface area contributed by atoms with E-state index in [2.05, 4.69) is 0 Å². The Morgan fingerprint density at radius 1 is 1.33 bits per heavy atom. The van der Waals surface area contributed by atoms with Crippen molar-refractivity contribution in [1.82, 2.24) is 0 Å². The average molecular weight is 252 g/mol. The summed E-state index contributed by atoms with van der Waals surface area (Å²) in [6.45, 7) is 3.90. The first-order valence-corrected chi connectivity index (χ1v) is 7.44. The van der Waals surface area contributed by atoms with Gasteiger partial charge in [-0.3, -0.25) is 4.79 Å². The van der Waals surface area contributed by atoms with Crippen LogP contribution in [0.4, 0.5) is 0 Å². The molecular formula is C15H24O3. The Morgan fingerprint density at radius 2 is 1.94 bits per heavy atom. The SMILES string of the molecule is CCC(C)C(=O)OC1C2CC3CC(C2)CC1(O)C3. The van der Waals surface area contributed by atoms with Crippen molar-refractivity contribution in [1.29, 1.82) is 0 Å². The summed E-state index contributed by atoms with van der Waals surface area (Å²) in [6, 6.07) is 0. The van der Waals surface area contributed by atoms with Gasteiger partial charge in [0, 0.05) is 0 Å². The van der Waals surface area contributed by atoms with Crippen LogP contribution in [0.2, 0.25) is 0 Å². The maximum atomic E-state index is 12.0. The van der Waals surface area contributed by atoms with Gasteiger partial charge >= 0.3 is 5.97 Å². The van der Waals surface area contributed by atoms with E-state index in [0.29, 0.717) is 17.8 Å². The van der Waals surface area contributed by atoms with Crippen molar-refractivity contribution < 1.29 is 14.6 Å². The van der Waals surface area contributed by atoms with Crippen molar-refractivity contribution >= 4 is 5.97 Å². The second kappa shape index (κ2) is 4.22. The number of carbonyl (C=O) groups excluding carboxylic acids is 1. The lowest BCUT2D eigenvalue weighted by Crippen LogP contribution is -2.61. The van der Waals surface area contributed by atoms with Crippen molar-refractivity contribution in [3.8, 4) is 0 Å². The topological polar surface area (TPSA) is 46.5 Å². The molecule has 0 aromatic carbocycles. The van der Waals surface area contributed by atoms with Gasteiger partial charge in [-0.05, 0) is 56.3 Å². The van der Waals surface area contributed by atoms with Crippen LogP contribution in [0.5, 0.6) is 0 Å². The summed E-state index contributed by atoms with van der Waals surface area (Å²) in [5.41, 5.74) is -0.710. The van der Waals surface area contributed by atoms with Crippen LogP contribution in [0, 0.1) is 23.7 Å². The van der Waals surface area contributed by atoms with Gasteiger partial charge in [0.2, 0.25) is 0 Å². The van der Waals surface area contributed by atoms with Gasteiger partial charge in [0.15, 0.2) is 0 Å². The van der Waals surface area contributed by atoms with Crippen LogP contribution in [0.1, 0.15) is 52.4 Å². The molecule has 4 aliphatic rings. The van der Waals surface area contributed by atoms with E-state index in [-0.39, 0.29) is 18.0 Å². The van der Waals surface area contributed by atoms with Gasteiger partial charge < -0.3 is 9.84 Å². The summed E-state index contributed by atoms with van der Waals surface area (Å²) < 4.78 is 5.69. The van der Waals surface area contributed by atoms with E-state index in [4.69, 9.17) is 4.74 Å². The summed E-state index contributed by atoms with van der Waals surface area (Å²) in [4.78, 5) is 12.0. The quantitative estimate of drug-likeness (QED) is 0.785. The van der Waals surface area contributed by atoms with Gasteiger partial charge in [-0.15, -0.1) is 0 Å². The molecule has 3 nitrogen and oxygen atoms in total. The lowest BCUT2D eigenvalue weighted by molar-refractivity contribution is -0.224. The van der Waals surface area contributed by atoms with Crippen LogP contribution in [-0.2, 0) is 9.53 Å². The average Bonchev–Trinajstić information content (AvgIpc) is 2.31. The third-order valence-corrected chi connectivity index (χ3v) is 5.44. The van der Waals surface area contributed by atoms with E-state index < -0.39 is 5.60 Å². The highest BCUT2D eigenvalue weighted by Gasteiger charge is 2.58. The number of aliphatic hydroxyl groups is 1. The molecule has 1 N–H and O–H groups in total. The summed E-state index contributed by atoms with van der Waals surface area (Å²) in [6.07, 6.45) is 5.85. The Morgan fingerprint density at radius 3 is 2.44 bits per heavy atom. The van der Waals surface area contributed by atoms with E-state index in [1.807, 2.05) is 13.8 Å². The number of rotatable bonds is 3. The zero-order chi connectivity index (χ0) is 12.9. The number of esters is 1. The molecule has 4 atom stereocenters. The van der Waals surface area contributed by atoms with E-state index in [1.165, 1.54) is 6.42 Å². The Labute approximate surface area is 109 Å². The molecule has 0 aromatic rings. The van der Waals surface area contributed by atoms with E-state index in [1.54, 1.807) is 0 Å². The second-order valence-corrected chi connectivity index (χ2v) is 6.88. The van der Waals surface area contributed by atoms with Crippen molar-refractivity contribution in [2.75, 3.05) is 0 Å². The minimum Gasteiger partial charge on any atom is -0.459 e. The highest BCUT2D eigenvalue weighted by atomic mass is 16.6. The maximum absolute atomic E-state index is 12.0. The molecule has 0 radical (unpaired) electrons. The molecule has 3 heteroatoms. The molecule has 0 saturated heterocycles. The lowest BCUT2D eigenvalue weighted by Gasteiger charge is -2.57. The van der Waals surface area contributed by atoms with Gasteiger partial charge in [0.1, 0.15) is 11.7 Å². The van der Waals surface area contributed by atoms with Gasteiger partial charge in [0.05, 0.1) is 5.92 Å². The fraction of sp³-hybridized carbons (Fsp3) is 0.933. The fourth-order valence-corrected chi connectivity index (χ4v) is 4.56. The molecule has 4 aliphatic carbocycles. The summed E-state index contributed by atoms with van der Waals surface area (Å²) >= 11 is 0. The van der Waals surface area contributed by atoms with Crippen molar-refractivity contribution in [2.45, 2.75) is 64.1 Å². The molecule has 4 fully saturated rings. The molecule has 0 aromatic heterocycles. The van der Waals surface area contributed by atoms with Crippen LogP contribution < -0.4 is 0 Å². The predicted octanol–water partition coefficient (Wildman–Crippen LogP) is 2.52. The van der Waals surface area contributed by atoms with Crippen LogP contribution in [0.25, 0.3) is 0 Å². The molecule has 0 spiro atoms. The lowest BCUT2D eigenvalue weighted by atomic mass is 9.53. The third-order valence-electron chi connectivity index (χ3n) is 5.44. The molecule has 0 aliphatic heterocycles. The predicted molar refractivity (Wildman–Crippen MR) is 67.8 cm³/mol. The smallest absolute Gasteiger partial charge is 0.309 e. The summed E-state index contributed by atoms with van der Waals surface area (Å²) in [7, 11) is 0. The first kappa shape index (κ1) is 12.5. The van der Waals surface area contributed by atoms with E-state index in [9.17, 15) is 9.90 Å². The van der Waals surface area contributed by atoms with Gasteiger partial charge in [-0.1, -0.05) is 13.8 Å². The molecule has 18 heavy (non-hydrogen) atoms. The van der Waals surface area contributed by atoms with E-state index in [0.717, 1.165) is 32.1 Å². The van der Waals surface area contributed by atoms with Crippen molar-refractivity contribution in [3.05, 3.63) is 0 Å². The largest absolute Gasteiger partial charge is 0.459 e. The molecular weight excluding hydrogens is 228 g/mol. The van der Waals surface area contributed by atoms with Crippen LogP contribution in [-0.4, -0.2) is 22.8 Å². The number of hydrogen-bond acceptors (Lipinski definition) is 3. The molecule has 0 heterocycles. The molecule has 4 bridgehead atoms. The van der Waals surface area contributed by atoms with Crippen LogP contribution in [0.15, 0.2) is 0 Å². The standard InChI is InChI=1S/C15H24O3/c1-3-9(2)14(16)18-13-12-5-10-4-11(6-12)8-15(13,17)7-10/h9-13,17H,3-8H2,1-2H3. The first-order valence-electron chi connectivity index (χ1n) is 7.44. The fourth-order valence-electron chi connectivity index (χ4n) is 4.56. The highest BCUT2D eigenvalue weighted by molar-refractivity contribution is 5.72. The van der Waals surface area contributed by atoms with Gasteiger partial charge in [-0.25, -0.2) is 0 Å². The minimum absolute atomic E-state index is 0.0502. The monoisotopic (exact) mass is 252 g/mol. The summed E-state index contributed by atoms with van der Waals surface area (Å²) in [5, 5.41) is 10.8. The molecule has 0 amide bonds. The number of ether oxygens (including phenoxy) is 1. The Balaban J connectivity index is 1.74. The molecule has 102 valence electrons. The second-order valence-electron chi connectivity index (χ2n) is 6.88. The van der Waals surface area contributed by atoms with Crippen LogP contribution in [0.3, 0.4) is 0 Å². The normalized spacial score (nSPS) is 47.1. The maximum Gasteiger partial charge on any atom is 0.309 e. The Hall–Kier alpha value is -0.570. The van der Waals surface area contributed by atoms with E-state index >= 15 is 0 Å². The molecule has 4 saturated carbocycles. The van der Waals surface area contributed by atoms with Crippen molar-refractivity contribution in [3.63, 3.8) is 0 Å². The number of hydrogen-bond donors (Lipinski definition) is 1. The molecule has 4 unspecified atom stereocenters. The number of carbonyl (C=O) groups is 1. The summed E-state index contributed by atoms with van der Waals surface area (Å²) in [5.74, 6) is 1.58. The zero-order valence-corrected chi connectivity index (χ0v) is 11.4. The van der Waals surface area contributed by atoms with Gasteiger partial charge in [-0.2, -0.15) is 0 Å². The highest BCUT2D eigenvalue weighted by Crippen LogP contribution is 2.56.